The van der Waals surface area contributed by atoms with E-state index in [1.165, 1.54) is 12.1 Å². The summed E-state index contributed by atoms with van der Waals surface area (Å²) >= 11 is 0. The topological polar surface area (TPSA) is 0 Å². The van der Waals surface area contributed by atoms with Crippen molar-refractivity contribution in [1.82, 2.24) is 0 Å². The number of rotatable bonds is 2. The molecular formula is C11H12F3. The molecular weight excluding hydrogens is 189 g/mol. The maximum Gasteiger partial charge on any atom is 0.416 e. The molecule has 3 heteroatoms. The van der Waals surface area contributed by atoms with Crippen molar-refractivity contribution >= 4 is 0 Å². The Hall–Kier alpha value is -0.990. The Bertz CT molecular complexity index is 282. The van der Waals surface area contributed by atoms with Crippen LogP contribution in [0.3, 0.4) is 0 Å². The molecule has 0 heterocycles. The van der Waals surface area contributed by atoms with E-state index in [2.05, 4.69) is 0 Å². The van der Waals surface area contributed by atoms with E-state index in [1.54, 1.807) is 0 Å². The molecule has 1 aromatic carbocycles. The zero-order chi connectivity index (χ0) is 10.8. The first-order valence-corrected chi connectivity index (χ1v) is 4.42. The summed E-state index contributed by atoms with van der Waals surface area (Å²) in [4.78, 5) is 0. The summed E-state index contributed by atoms with van der Waals surface area (Å²) in [6.45, 7) is 3.97. The fourth-order valence-electron chi connectivity index (χ4n) is 1.17. The summed E-state index contributed by atoms with van der Waals surface area (Å²) < 4.78 is 36.5. The van der Waals surface area contributed by atoms with Gasteiger partial charge in [0.2, 0.25) is 0 Å². The van der Waals surface area contributed by atoms with Crippen LogP contribution in [0.5, 0.6) is 0 Å². The Balaban J connectivity index is 2.79. The van der Waals surface area contributed by atoms with Crippen LogP contribution in [0.4, 0.5) is 13.2 Å². The molecule has 0 saturated heterocycles. The minimum absolute atomic E-state index is 0.340. The number of hydrogen-bond acceptors (Lipinski definition) is 0. The van der Waals surface area contributed by atoms with E-state index in [0.29, 0.717) is 5.92 Å². The van der Waals surface area contributed by atoms with E-state index in [1.807, 2.05) is 20.3 Å². The predicted octanol–water partition coefficient (Wildman–Crippen LogP) is 3.91. The van der Waals surface area contributed by atoms with Gasteiger partial charge in [0, 0.05) is 0 Å². The number of hydrogen-bond donors (Lipinski definition) is 0. The average molecular weight is 201 g/mol. The molecule has 0 unspecified atom stereocenters. The van der Waals surface area contributed by atoms with E-state index in [0.717, 1.165) is 17.7 Å². The van der Waals surface area contributed by atoms with Crippen molar-refractivity contribution in [3.63, 3.8) is 0 Å². The Morgan fingerprint density at radius 1 is 1.07 bits per heavy atom. The maximum atomic E-state index is 12.2. The molecule has 1 aromatic rings. The smallest absolute Gasteiger partial charge is 0.166 e. The summed E-state index contributed by atoms with van der Waals surface area (Å²) in [5, 5.41) is 0. The van der Waals surface area contributed by atoms with E-state index < -0.39 is 11.7 Å². The average Bonchev–Trinajstić information content (AvgIpc) is 2.02. The van der Waals surface area contributed by atoms with Crippen LogP contribution >= 0.6 is 0 Å². The van der Waals surface area contributed by atoms with Crippen LogP contribution in [-0.2, 0) is 6.18 Å². The molecule has 0 aliphatic rings. The fourth-order valence-corrected chi connectivity index (χ4v) is 1.17. The molecule has 0 aromatic heterocycles. The fraction of sp³-hybridized carbons (Fsp3) is 0.364. The SMILES string of the molecule is CC(C)[CH]c1ccc(C(F)(F)F)cc1. The van der Waals surface area contributed by atoms with E-state index in [4.69, 9.17) is 0 Å². The first-order chi connectivity index (χ1) is 6.39. The van der Waals surface area contributed by atoms with Gasteiger partial charge >= 0.3 is 6.18 Å². The molecule has 0 aliphatic heterocycles. The minimum atomic E-state index is -4.24. The van der Waals surface area contributed by atoms with Crippen LogP contribution in [0, 0.1) is 12.3 Å². The van der Waals surface area contributed by atoms with Crippen molar-refractivity contribution in [1.29, 1.82) is 0 Å². The standard InChI is InChI=1S/C11H12F3/c1-8(2)7-9-3-5-10(6-4-9)11(12,13)14/h3-8H,1-2H3. The second kappa shape index (κ2) is 4.03. The Labute approximate surface area is 81.8 Å². The second-order valence-corrected chi connectivity index (χ2v) is 3.53. The predicted molar refractivity (Wildman–Crippen MR) is 49.7 cm³/mol. The first kappa shape index (κ1) is 11.1. The van der Waals surface area contributed by atoms with Gasteiger partial charge in [-0.2, -0.15) is 13.2 Å². The van der Waals surface area contributed by atoms with Crippen LogP contribution in [-0.4, -0.2) is 0 Å². The zero-order valence-corrected chi connectivity index (χ0v) is 8.10. The first-order valence-electron chi connectivity index (χ1n) is 4.42. The molecule has 0 saturated carbocycles. The van der Waals surface area contributed by atoms with Gasteiger partial charge < -0.3 is 0 Å². The van der Waals surface area contributed by atoms with Crippen molar-refractivity contribution in [3.8, 4) is 0 Å². The summed E-state index contributed by atoms with van der Waals surface area (Å²) in [6.07, 6.45) is -2.32. The normalized spacial score (nSPS) is 12.1. The van der Waals surface area contributed by atoms with Gasteiger partial charge in [0.1, 0.15) is 0 Å². The van der Waals surface area contributed by atoms with Gasteiger partial charge in [-0.05, 0) is 30.0 Å². The molecule has 0 aliphatic carbocycles. The van der Waals surface area contributed by atoms with E-state index in [-0.39, 0.29) is 0 Å². The highest BCUT2D eigenvalue weighted by Gasteiger charge is 2.29. The van der Waals surface area contributed by atoms with Crippen molar-refractivity contribution < 1.29 is 13.2 Å². The van der Waals surface area contributed by atoms with Crippen LogP contribution < -0.4 is 0 Å². The van der Waals surface area contributed by atoms with Gasteiger partial charge in [-0.15, -0.1) is 0 Å². The van der Waals surface area contributed by atoms with Gasteiger partial charge in [0.05, 0.1) is 5.56 Å². The summed E-state index contributed by atoms with van der Waals surface area (Å²) in [5.74, 6) is 0.340. The largest absolute Gasteiger partial charge is 0.416 e. The molecule has 0 N–H and O–H groups in total. The van der Waals surface area contributed by atoms with Crippen molar-refractivity contribution in [2.45, 2.75) is 20.0 Å². The highest BCUT2D eigenvalue weighted by Crippen LogP contribution is 2.29. The molecule has 0 spiro atoms. The quantitative estimate of drug-likeness (QED) is 0.680. The molecule has 0 fully saturated rings. The monoisotopic (exact) mass is 201 g/mol. The van der Waals surface area contributed by atoms with E-state index in [9.17, 15) is 13.2 Å². The second-order valence-electron chi connectivity index (χ2n) is 3.53. The zero-order valence-electron chi connectivity index (χ0n) is 8.10. The highest BCUT2D eigenvalue weighted by molar-refractivity contribution is 5.29. The molecule has 0 nitrogen and oxygen atoms in total. The van der Waals surface area contributed by atoms with Crippen LogP contribution in [0.25, 0.3) is 0 Å². The summed E-state index contributed by atoms with van der Waals surface area (Å²) in [5.41, 5.74) is 0.228. The van der Waals surface area contributed by atoms with Gasteiger partial charge in [-0.25, -0.2) is 0 Å². The van der Waals surface area contributed by atoms with Crippen molar-refractivity contribution in [2.75, 3.05) is 0 Å². The lowest BCUT2D eigenvalue weighted by atomic mass is 10.0. The molecule has 0 bridgehead atoms. The maximum absolute atomic E-state index is 12.2. The van der Waals surface area contributed by atoms with Gasteiger partial charge in [-0.1, -0.05) is 26.0 Å². The van der Waals surface area contributed by atoms with Crippen molar-refractivity contribution in [2.24, 2.45) is 5.92 Å². The number of benzene rings is 1. The van der Waals surface area contributed by atoms with Gasteiger partial charge in [0.15, 0.2) is 0 Å². The Kier molecular flexibility index (Phi) is 3.19. The number of alkyl halides is 3. The third-order valence-electron chi connectivity index (χ3n) is 1.76. The molecule has 1 radical (unpaired) electrons. The third-order valence-corrected chi connectivity index (χ3v) is 1.76. The van der Waals surface area contributed by atoms with Gasteiger partial charge in [0.25, 0.3) is 0 Å². The lowest BCUT2D eigenvalue weighted by Gasteiger charge is -2.08. The lowest BCUT2D eigenvalue weighted by Crippen LogP contribution is -2.04. The van der Waals surface area contributed by atoms with Crippen molar-refractivity contribution in [3.05, 3.63) is 41.8 Å². The molecule has 0 amide bonds. The number of halogens is 3. The molecule has 0 atom stereocenters. The third kappa shape index (κ3) is 3.05. The summed E-state index contributed by atoms with van der Waals surface area (Å²) in [7, 11) is 0. The lowest BCUT2D eigenvalue weighted by molar-refractivity contribution is -0.137. The Morgan fingerprint density at radius 3 is 1.93 bits per heavy atom. The minimum Gasteiger partial charge on any atom is -0.166 e. The summed E-state index contributed by atoms with van der Waals surface area (Å²) in [6, 6.07) is 5.19. The highest BCUT2D eigenvalue weighted by atomic mass is 19.4. The van der Waals surface area contributed by atoms with Gasteiger partial charge in [-0.3, -0.25) is 0 Å². The molecule has 1 rings (SSSR count). The van der Waals surface area contributed by atoms with E-state index >= 15 is 0 Å². The molecule has 14 heavy (non-hydrogen) atoms. The van der Waals surface area contributed by atoms with Crippen LogP contribution in [0.15, 0.2) is 24.3 Å². The molecule has 77 valence electrons. The Morgan fingerprint density at radius 2 is 1.57 bits per heavy atom. The van der Waals surface area contributed by atoms with Crippen LogP contribution in [0.2, 0.25) is 0 Å². The van der Waals surface area contributed by atoms with Crippen LogP contribution in [0.1, 0.15) is 25.0 Å².